The van der Waals surface area contributed by atoms with Gasteiger partial charge < -0.3 is 19.7 Å². The molecule has 6 heteroatoms. The summed E-state index contributed by atoms with van der Waals surface area (Å²) in [6.07, 6.45) is 2.88. The van der Waals surface area contributed by atoms with Crippen LogP contribution in [0, 0.1) is 5.92 Å². The number of nitrogens with one attached hydrogen (secondary N) is 1. The summed E-state index contributed by atoms with van der Waals surface area (Å²) < 4.78 is 11.6. The molecule has 1 aromatic carbocycles. The number of likely N-dealkylation sites (tertiary alicyclic amines) is 1. The Kier molecular flexibility index (Phi) is 8.31. The van der Waals surface area contributed by atoms with E-state index in [0.29, 0.717) is 31.6 Å². The molecule has 3 rings (SSSR count). The number of hydrogen-bond acceptors (Lipinski definition) is 4. The molecule has 2 heterocycles. The molecule has 1 saturated heterocycles. The first-order valence-corrected chi connectivity index (χ1v) is 10.5. The summed E-state index contributed by atoms with van der Waals surface area (Å²) in [5, 5.41) is 3.42. The van der Waals surface area contributed by atoms with Gasteiger partial charge in [0.25, 0.3) is 0 Å². The third kappa shape index (κ3) is 6.46. The van der Waals surface area contributed by atoms with Crippen LogP contribution < -0.4 is 10.1 Å². The fraction of sp³-hybridized carbons (Fsp3) is 0.478. The van der Waals surface area contributed by atoms with Crippen molar-refractivity contribution in [3.05, 3.63) is 59.8 Å². The van der Waals surface area contributed by atoms with Crippen molar-refractivity contribution in [1.29, 1.82) is 0 Å². The number of aromatic nitrogens is 1. The molecule has 0 aliphatic carbocycles. The predicted octanol–water partition coefficient (Wildman–Crippen LogP) is 3.48. The van der Waals surface area contributed by atoms with Gasteiger partial charge in [-0.3, -0.25) is 0 Å². The molecule has 0 amide bonds. The van der Waals surface area contributed by atoms with Gasteiger partial charge in [-0.05, 0) is 31.9 Å². The average molecular weight is 397 g/mol. The molecule has 1 fully saturated rings. The maximum Gasteiger partial charge on any atom is 0.218 e. The van der Waals surface area contributed by atoms with E-state index >= 15 is 0 Å². The van der Waals surface area contributed by atoms with E-state index in [1.54, 1.807) is 6.20 Å². The maximum absolute atomic E-state index is 5.95. The zero-order valence-electron chi connectivity index (χ0n) is 17.5. The van der Waals surface area contributed by atoms with Crippen LogP contribution in [0.15, 0.2) is 53.7 Å². The lowest BCUT2D eigenvalue weighted by atomic mass is 10.1. The van der Waals surface area contributed by atoms with E-state index in [0.717, 1.165) is 44.2 Å². The number of hydrogen-bond donors (Lipinski definition) is 1. The van der Waals surface area contributed by atoms with Gasteiger partial charge in [-0.1, -0.05) is 36.4 Å². The highest BCUT2D eigenvalue weighted by atomic mass is 16.5. The summed E-state index contributed by atoms with van der Waals surface area (Å²) in [7, 11) is 0. The van der Waals surface area contributed by atoms with E-state index in [2.05, 4.69) is 34.3 Å². The van der Waals surface area contributed by atoms with Crippen LogP contribution in [-0.4, -0.2) is 48.7 Å². The molecule has 1 aliphatic rings. The van der Waals surface area contributed by atoms with Gasteiger partial charge in [0.1, 0.15) is 0 Å². The SMILES string of the molecule is CCNC(=NCc1cccnc1OCC)N1CCC(COCc2ccccc2)C1. The van der Waals surface area contributed by atoms with E-state index in [1.165, 1.54) is 5.56 Å². The van der Waals surface area contributed by atoms with Crippen LogP contribution in [0.5, 0.6) is 5.88 Å². The molecule has 1 unspecified atom stereocenters. The topological polar surface area (TPSA) is 59.0 Å². The normalized spacial score (nSPS) is 16.8. The van der Waals surface area contributed by atoms with Crippen LogP contribution in [-0.2, 0) is 17.9 Å². The monoisotopic (exact) mass is 396 g/mol. The van der Waals surface area contributed by atoms with Crippen LogP contribution in [0.4, 0.5) is 0 Å². The van der Waals surface area contributed by atoms with E-state index in [1.807, 2.05) is 37.3 Å². The second kappa shape index (κ2) is 11.4. The average Bonchev–Trinajstić information content (AvgIpc) is 3.22. The van der Waals surface area contributed by atoms with Crippen molar-refractivity contribution in [2.45, 2.75) is 33.4 Å². The summed E-state index contributed by atoms with van der Waals surface area (Å²) in [6, 6.07) is 14.3. The second-order valence-electron chi connectivity index (χ2n) is 7.17. The summed E-state index contributed by atoms with van der Waals surface area (Å²) >= 11 is 0. The summed E-state index contributed by atoms with van der Waals surface area (Å²) in [4.78, 5) is 11.5. The maximum atomic E-state index is 5.95. The highest BCUT2D eigenvalue weighted by molar-refractivity contribution is 5.80. The minimum atomic E-state index is 0.528. The van der Waals surface area contributed by atoms with Crippen molar-refractivity contribution in [3.63, 3.8) is 0 Å². The number of ether oxygens (including phenoxy) is 2. The molecule has 1 aliphatic heterocycles. The number of benzene rings is 1. The Morgan fingerprint density at radius 2 is 2.07 bits per heavy atom. The van der Waals surface area contributed by atoms with Crippen molar-refractivity contribution in [3.8, 4) is 5.88 Å². The molecular weight excluding hydrogens is 364 g/mol. The Morgan fingerprint density at radius 3 is 2.86 bits per heavy atom. The van der Waals surface area contributed by atoms with Crippen molar-refractivity contribution < 1.29 is 9.47 Å². The Balaban J connectivity index is 1.53. The van der Waals surface area contributed by atoms with Gasteiger partial charge >= 0.3 is 0 Å². The van der Waals surface area contributed by atoms with Gasteiger partial charge in [0.05, 0.1) is 26.4 Å². The first kappa shape index (κ1) is 21.1. The second-order valence-corrected chi connectivity index (χ2v) is 7.17. The molecule has 1 aromatic heterocycles. The van der Waals surface area contributed by atoms with E-state index < -0.39 is 0 Å². The largest absolute Gasteiger partial charge is 0.478 e. The Hall–Kier alpha value is -2.60. The zero-order chi connectivity index (χ0) is 20.3. The quantitative estimate of drug-likeness (QED) is 0.519. The highest BCUT2D eigenvalue weighted by Gasteiger charge is 2.25. The van der Waals surface area contributed by atoms with Gasteiger partial charge in [-0.2, -0.15) is 0 Å². The third-order valence-electron chi connectivity index (χ3n) is 4.92. The predicted molar refractivity (Wildman–Crippen MR) is 116 cm³/mol. The lowest BCUT2D eigenvalue weighted by Crippen LogP contribution is -2.40. The van der Waals surface area contributed by atoms with Gasteiger partial charge in [-0.25, -0.2) is 9.98 Å². The zero-order valence-corrected chi connectivity index (χ0v) is 17.5. The van der Waals surface area contributed by atoms with Crippen LogP contribution in [0.25, 0.3) is 0 Å². The molecule has 0 bridgehead atoms. The van der Waals surface area contributed by atoms with E-state index in [-0.39, 0.29) is 0 Å². The van der Waals surface area contributed by atoms with Crippen molar-refractivity contribution in [1.82, 2.24) is 15.2 Å². The van der Waals surface area contributed by atoms with E-state index in [9.17, 15) is 0 Å². The van der Waals surface area contributed by atoms with Crippen LogP contribution in [0.3, 0.4) is 0 Å². The Labute approximate surface area is 174 Å². The molecule has 29 heavy (non-hydrogen) atoms. The minimum absolute atomic E-state index is 0.528. The lowest BCUT2D eigenvalue weighted by Gasteiger charge is -2.22. The number of nitrogens with zero attached hydrogens (tertiary/aromatic N) is 3. The molecule has 1 atom stereocenters. The minimum Gasteiger partial charge on any atom is -0.478 e. The third-order valence-corrected chi connectivity index (χ3v) is 4.92. The van der Waals surface area contributed by atoms with Crippen molar-refractivity contribution >= 4 is 5.96 Å². The Bertz CT molecular complexity index is 766. The summed E-state index contributed by atoms with van der Waals surface area (Å²) in [5.74, 6) is 2.15. The number of guanidine groups is 1. The van der Waals surface area contributed by atoms with Crippen LogP contribution in [0.1, 0.15) is 31.4 Å². The van der Waals surface area contributed by atoms with Gasteiger partial charge in [0.2, 0.25) is 5.88 Å². The molecular formula is C23H32N4O2. The summed E-state index contributed by atoms with van der Waals surface area (Å²) in [6.45, 7) is 9.48. The Morgan fingerprint density at radius 1 is 1.21 bits per heavy atom. The first-order chi connectivity index (χ1) is 14.3. The molecule has 0 saturated carbocycles. The molecule has 1 N–H and O–H groups in total. The molecule has 2 aromatic rings. The molecule has 0 spiro atoms. The molecule has 0 radical (unpaired) electrons. The smallest absolute Gasteiger partial charge is 0.218 e. The summed E-state index contributed by atoms with van der Waals surface area (Å²) in [5.41, 5.74) is 2.23. The van der Waals surface area contributed by atoms with E-state index in [4.69, 9.17) is 14.5 Å². The fourth-order valence-corrected chi connectivity index (χ4v) is 3.48. The van der Waals surface area contributed by atoms with Crippen molar-refractivity contribution in [2.24, 2.45) is 10.9 Å². The van der Waals surface area contributed by atoms with Gasteiger partial charge in [-0.15, -0.1) is 0 Å². The van der Waals surface area contributed by atoms with Crippen LogP contribution in [0.2, 0.25) is 0 Å². The van der Waals surface area contributed by atoms with Crippen LogP contribution >= 0.6 is 0 Å². The molecule has 6 nitrogen and oxygen atoms in total. The lowest BCUT2D eigenvalue weighted by molar-refractivity contribution is 0.0906. The van der Waals surface area contributed by atoms with Crippen molar-refractivity contribution in [2.75, 3.05) is 32.8 Å². The molecule has 156 valence electrons. The standard InChI is InChI=1S/C23H32N4O2/c1-3-24-23(26-15-21-11-8-13-25-22(21)29-4-2)27-14-12-20(16-27)18-28-17-19-9-6-5-7-10-19/h5-11,13,20H,3-4,12,14-18H2,1-2H3,(H,24,26). The number of rotatable bonds is 9. The van der Waals surface area contributed by atoms with Gasteiger partial charge in [0, 0.05) is 37.3 Å². The first-order valence-electron chi connectivity index (χ1n) is 10.5. The number of pyridine rings is 1. The fourth-order valence-electron chi connectivity index (χ4n) is 3.48. The van der Waals surface area contributed by atoms with Gasteiger partial charge in [0.15, 0.2) is 5.96 Å². The number of aliphatic imine (C=N–C) groups is 1. The highest BCUT2D eigenvalue weighted by Crippen LogP contribution is 2.19.